The largest absolute Gasteiger partial charge is 0.497 e. The van der Waals surface area contributed by atoms with Crippen molar-refractivity contribution in [1.82, 2.24) is 5.32 Å². The minimum absolute atomic E-state index is 0.0502. The molecule has 0 saturated heterocycles. The highest BCUT2D eigenvalue weighted by atomic mass is 16.5. The van der Waals surface area contributed by atoms with Crippen molar-refractivity contribution < 1.29 is 18.9 Å². The van der Waals surface area contributed by atoms with Gasteiger partial charge in [-0.2, -0.15) is 0 Å². The van der Waals surface area contributed by atoms with Gasteiger partial charge in [-0.05, 0) is 6.07 Å². The van der Waals surface area contributed by atoms with Crippen LogP contribution in [0.15, 0.2) is 18.2 Å². The number of rotatable bonds is 9. The second-order valence-electron chi connectivity index (χ2n) is 4.12. The van der Waals surface area contributed by atoms with Crippen LogP contribution in [0.25, 0.3) is 0 Å². The van der Waals surface area contributed by atoms with E-state index in [1.54, 1.807) is 28.4 Å². The van der Waals surface area contributed by atoms with Gasteiger partial charge in [-0.15, -0.1) is 0 Å². The molecule has 0 aliphatic carbocycles. The molecule has 1 rings (SSSR count). The highest BCUT2D eigenvalue weighted by molar-refractivity contribution is 5.40. The minimum Gasteiger partial charge on any atom is -0.497 e. The molecule has 19 heavy (non-hydrogen) atoms. The van der Waals surface area contributed by atoms with Gasteiger partial charge in [0, 0.05) is 38.9 Å². The van der Waals surface area contributed by atoms with E-state index in [0.29, 0.717) is 13.2 Å². The van der Waals surface area contributed by atoms with Gasteiger partial charge in [-0.1, -0.05) is 6.07 Å². The maximum Gasteiger partial charge on any atom is 0.127 e. The molecule has 0 aliphatic heterocycles. The second kappa shape index (κ2) is 8.74. The lowest BCUT2D eigenvalue weighted by Gasteiger charge is -2.16. The second-order valence-corrected chi connectivity index (χ2v) is 4.12. The Morgan fingerprint density at radius 2 is 1.89 bits per heavy atom. The van der Waals surface area contributed by atoms with Crippen molar-refractivity contribution in [2.45, 2.75) is 12.6 Å². The van der Waals surface area contributed by atoms with Crippen LogP contribution < -0.4 is 14.8 Å². The molecule has 1 N–H and O–H groups in total. The van der Waals surface area contributed by atoms with E-state index < -0.39 is 0 Å². The Kier molecular flexibility index (Phi) is 7.25. The Bertz CT molecular complexity index is 370. The summed E-state index contributed by atoms with van der Waals surface area (Å²) in [7, 11) is 6.64. The average Bonchev–Trinajstić information content (AvgIpc) is 2.46. The van der Waals surface area contributed by atoms with E-state index in [4.69, 9.17) is 18.9 Å². The van der Waals surface area contributed by atoms with E-state index in [1.165, 1.54) is 0 Å². The maximum absolute atomic E-state index is 5.34. The zero-order chi connectivity index (χ0) is 14.1. The number of ether oxygens (including phenoxy) is 4. The topological polar surface area (TPSA) is 49.0 Å². The fourth-order valence-corrected chi connectivity index (χ4v) is 1.76. The molecule has 0 aliphatic rings. The van der Waals surface area contributed by atoms with Gasteiger partial charge in [0.05, 0.1) is 26.9 Å². The van der Waals surface area contributed by atoms with Crippen molar-refractivity contribution >= 4 is 0 Å². The molecule has 0 saturated carbocycles. The Hall–Kier alpha value is -1.30. The Morgan fingerprint density at radius 3 is 2.47 bits per heavy atom. The van der Waals surface area contributed by atoms with E-state index in [-0.39, 0.29) is 6.10 Å². The van der Waals surface area contributed by atoms with Crippen LogP contribution >= 0.6 is 0 Å². The summed E-state index contributed by atoms with van der Waals surface area (Å²) < 4.78 is 20.9. The first-order valence-electron chi connectivity index (χ1n) is 6.18. The molecule has 0 aromatic heterocycles. The van der Waals surface area contributed by atoms with Gasteiger partial charge < -0.3 is 24.3 Å². The number of nitrogens with one attached hydrogen (secondary N) is 1. The molecule has 0 amide bonds. The summed E-state index contributed by atoms with van der Waals surface area (Å²) in [4.78, 5) is 0. The number of methoxy groups -OCH3 is 4. The SMILES string of the molecule is COCC(CNCc1ccc(OC)cc1OC)OC. The van der Waals surface area contributed by atoms with Crippen molar-refractivity contribution in [1.29, 1.82) is 0 Å². The summed E-state index contributed by atoms with van der Waals surface area (Å²) >= 11 is 0. The quantitative estimate of drug-likeness (QED) is 0.735. The maximum atomic E-state index is 5.34. The molecule has 108 valence electrons. The average molecular weight is 269 g/mol. The van der Waals surface area contributed by atoms with E-state index >= 15 is 0 Å². The lowest BCUT2D eigenvalue weighted by molar-refractivity contribution is 0.0287. The van der Waals surface area contributed by atoms with Crippen LogP contribution in [0.3, 0.4) is 0 Å². The van der Waals surface area contributed by atoms with Gasteiger partial charge in [0.25, 0.3) is 0 Å². The molecule has 5 nitrogen and oxygen atoms in total. The highest BCUT2D eigenvalue weighted by Crippen LogP contribution is 2.24. The van der Waals surface area contributed by atoms with Crippen molar-refractivity contribution in [3.05, 3.63) is 23.8 Å². The van der Waals surface area contributed by atoms with Crippen molar-refractivity contribution in [2.24, 2.45) is 0 Å². The first-order valence-corrected chi connectivity index (χ1v) is 6.18. The first kappa shape index (κ1) is 15.8. The molecule has 5 heteroatoms. The van der Waals surface area contributed by atoms with Gasteiger partial charge in [0.2, 0.25) is 0 Å². The Labute approximate surface area is 114 Å². The summed E-state index contributed by atoms with van der Waals surface area (Å²) in [6.45, 7) is 2.00. The fraction of sp³-hybridized carbons (Fsp3) is 0.571. The van der Waals surface area contributed by atoms with E-state index in [2.05, 4.69) is 5.32 Å². The van der Waals surface area contributed by atoms with Crippen LogP contribution in [0.4, 0.5) is 0 Å². The third-order valence-electron chi connectivity index (χ3n) is 2.87. The molecule has 0 fully saturated rings. The van der Waals surface area contributed by atoms with Crippen LogP contribution in [0.2, 0.25) is 0 Å². The molecule has 1 unspecified atom stereocenters. The Balaban J connectivity index is 2.52. The molecule has 0 spiro atoms. The standard InChI is InChI=1S/C14H23NO4/c1-16-10-13(18-3)9-15-8-11-5-6-12(17-2)7-14(11)19-4/h5-7,13,15H,8-10H2,1-4H3. The minimum atomic E-state index is 0.0502. The molecule has 0 radical (unpaired) electrons. The van der Waals surface area contributed by atoms with E-state index in [0.717, 1.165) is 23.6 Å². The van der Waals surface area contributed by atoms with Crippen LogP contribution in [0.1, 0.15) is 5.56 Å². The van der Waals surface area contributed by atoms with Gasteiger partial charge in [0.15, 0.2) is 0 Å². The monoisotopic (exact) mass is 269 g/mol. The van der Waals surface area contributed by atoms with Crippen LogP contribution in [-0.2, 0) is 16.0 Å². The smallest absolute Gasteiger partial charge is 0.127 e. The molecular weight excluding hydrogens is 246 g/mol. The van der Waals surface area contributed by atoms with Gasteiger partial charge in [0.1, 0.15) is 11.5 Å². The normalized spacial score (nSPS) is 12.2. The third kappa shape index (κ3) is 5.06. The summed E-state index contributed by atoms with van der Waals surface area (Å²) in [5, 5.41) is 3.32. The molecule has 1 aromatic rings. The molecular formula is C14H23NO4. The Morgan fingerprint density at radius 1 is 1.11 bits per heavy atom. The van der Waals surface area contributed by atoms with Gasteiger partial charge >= 0.3 is 0 Å². The van der Waals surface area contributed by atoms with Crippen molar-refractivity contribution in [3.8, 4) is 11.5 Å². The number of hydrogen-bond acceptors (Lipinski definition) is 5. The summed E-state index contributed by atoms with van der Waals surface area (Å²) in [5.74, 6) is 1.60. The van der Waals surface area contributed by atoms with Crippen molar-refractivity contribution in [2.75, 3.05) is 41.6 Å². The number of hydrogen-bond donors (Lipinski definition) is 1. The predicted molar refractivity (Wildman–Crippen MR) is 73.9 cm³/mol. The van der Waals surface area contributed by atoms with Crippen LogP contribution in [-0.4, -0.2) is 47.7 Å². The predicted octanol–water partition coefficient (Wildman–Crippen LogP) is 1.45. The van der Waals surface area contributed by atoms with Crippen molar-refractivity contribution in [3.63, 3.8) is 0 Å². The molecule has 1 aromatic carbocycles. The van der Waals surface area contributed by atoms with Gasteiger partial charge in [-0.3, -0.25) is 0 Å². The summed E-state index contributed by atoms with van der Waals surface area (Å²) in [5.41, 5.74) is 1.08. The first-order chi connectivity index (χ1) is 9.24. The lowest BCUT2D eigenvalue weighted by Crippen LogP contribution is -2.31. The molecule has 1 atom stereocenters. The van der Waals surface area contributed by atoms with E-state index in [1.807, 2.05) is 18.2 Å². The fourth-order valence-electron chi connectivity index (χ4n) is 1.76. The zero-order valence-electron chi connectivity index (χ0n) is 12.1. The highest BCUT2D eigenvalue weighted by Gasteiger charge is 2.08. The number of benzene rings is 1. The molecule has 0 heterocycles. The van der Waals surface area contributed by atoms with E-state index in [9.17, 15) is 0 Å². The van der Waals surface area contributed by atoms with Crippen LogP contribution in [0, 0.1) is 0 Å². The van der Waals surface area contributed by atoms with Gasteiger partial charge in [-0.25, -0.2) is 0 Å². The summed E-state index contributed by atoms with van der Waals surface area (Å²) in [6, 6.07) is 5.78. The summed E-state index contributed by atoms with van der Waals surface area (Å²) in [6.07, 6.45) is 0.0502. The third-order valence-corrected chi connectivity index (χ3v) is 2.87. The lowest BCUT2D eigenvalue weighted by atomic mass is 10.2. The zero-order valence-corrected chi connectivity index (χ0v) is 12.1. The van der Waals surface area contributed by atoms with Crippen LogP contribution in [0.5, 0.6) is 11.5 Å². The molecule has 0 bridgehead atoms.